The third-order valence-electron chi connectivity index (χ3n) is 6.46. The van der Waals surface area contributed by atoms with E-state index in [-0.39, 0.29) is 33.9 Å². The third-order valence-corrected chi connectivity index (χ3v) is 6.79. The van der Waals surface area contributed by atoms with Gasteiger partial charge in [0, 0.05) is 35.0 Å². The molecular formula is C27H25ClF3N3O4. The number of halogens is 4. The second-order valence-electron chi connectivity index (χ2n) is 9.70. The Balaban J connectivity index is 1.96. The molecule has 200 valence electrons. The van der Waals surface area contributed by atoms with Gasteiger partial charge < -0.3 is 14.7 Å². The molecule has 1 amide bonds. The number of amides is 1. The van der Waals surface area contributed by atoms with Crippen LogP contribution in [0.3, 0.4) is 0 Å². The van der Waals surface area contributed by atoms with Crippen LogP contribution in [0.4, 0.5) is 13.2 Å². The summed E-state index contributed by atoms with van der Waals surface area (Å²) in [5.41, 5.74) is -3.25. The maximum absolute atomic E-state index is 13.6. The topological polar surface area (TPSA) is 104 Å². The molecule has 1 aliphatic rings. The second-order valence-corrected chi connectivity index (χ2v) is 10.1. The van der Waals surface area contributed by atoms with Gasteiger partial charge in [-0.3, -0.25) is 14.6 Å². The molecule has 11 heteroatoms. The number of allylic oxidation sites excluding steroid dienone is 2. The fourth-order valence-electron chi connectivity index (χ4n) is 3.76. The first-order chi connectivity index (χ1) is 17.6. The fraction of sp³-hybridized carbons (Fsp3) is 0.333. The van der Waals surface area contributed by atoms with Gasteiger partial charge in [-0.25, -0.2) is 0 Å². The number of nitrogens with zero attached hydrogens (tertiary/aromatic N) is 3. The number of benzene rings is 1. The van der Waals surface area contributed by atoms with Crippen molar-refractivity contribution in [2.24, 2.45) is 5.41 Å². The van der Waals surface area contributed by atoms with Gasteiger partial charge in [-0.15, -0.1) is 0 Å². The van der Waals surface area contributed by atoms with Crippen LogP contribution >= 0.6 is 11.6 Å². The summed E-state index contributed by atoms with van der Waals surface area (Å²) >= 11 is 6.31. The van der Waals surface area contributed by atoms with Gasteiger partial charge in [0.15, 0.2) is 0 Å². The quantitative estimate of drug-likeness (QED) is 0.449. The van der Waals surface area contributed by atoms with Crippen LogP contribution in [0.1, 0.15) is 48.8 Å². The number of ether oxygens (including phenoxy) is 1. The van der Waals surface area contributed by atoms with Crippen molar-refractivity contribution in [1.82, 2.24) is 9.88 Å². The molecule has 0 saturated carbocycles. The Hall–Kier alpha value is -3.84. The minimum absolute atomic E-state index is 0.0504. The lowest BCUT2D eigenvalue weighted by Crippen LogP contribution is -2.50. The monoisotopic (exact) mass is 547 g/mol. The lowest BCUT2D eigenvalue weighted by Gasteiger charge is -2.41. The van der Waals surface area contributed by atoms with Crippen LogP contribution in [0, 0.1) is 16.7 Å². The van der Waals surface area contributed by atoms with E-state index in [2.05, 4.69) is 4.98 Å². The highest BCUT2D eigenvalue weighted by Gasteiger charge is 2.40. The summed E-state index contributed by atoms with van der Waals surface area (Å²) in [6.07, 6.45) is 1.84. The smallest absolute Gasteiger partial charge is 0.433 e. The molecule has 1 aromatic carbocycles. The Kier molecular flexibility index (Phi) is 7.94. The summed E-state index contributed by atoms with van der Waals surface area (Å²) in [5, 5.41) is 19.0. The van der Waals surface area contributed by atoms with Gasteiger partial charge in [-0.05, 0) is 57.5 Å². The molecular weight excluding hydrogens is 523 g/mol. The van der Waals surface area contributed by atoms with Crippen molar-refractivity contribution in [3.8, 4) is 17.2 Å². The number of carbonyl (C=O) groups is 2. The number of rotatable bonds is 7. The van der Waals surface area contributed by atoms with Crippen LogP contribution < -0.4 is 0 Å². The first-order valence-electron chi connectivity index (χ1n) is 11.4. The van der Waals surface area contributed by atoms with Crippen molar-refractivity contribution in [3.05, 3.63) is 76.3 Å². The van der Waals surface area contributed by atoms with Crippen LogP contribution in [0.2, 0.25) is 5.02 Å². The van der Waals surface area contributed by atoms with E-state index >= 15 is 0 Å². The van der Waals surface area contributed by atoms with Crippen LogP contribution in [0.25, 0.3) is 11.1 Å². The zero-order valence-corrected chi connectivity index (χ0v) is 21.8. The summed E-state index contributed by atoms with van der Waals surface area (Å²) in [6, 6.07) is 6.65. The summed E-state index contributed by atoms with van der Waals surface area (Å²) in [6.45, 7) is 4.71. The molecule has 0 fully saturated rings. The fourth-order valence-corrected chi connectivity index (χ4v) is 3.98. The highest BCUT2D eigenvalue weighted by Crippen LogP contribution is 2.37. The van der Waals surface area contributed by atoms with Crippen molar-refractivity contribution >= 4 is 23.5 Å². The maximum Gasteiger partial charge on any atom is 0.433 e. The number of hydrogen-bond donors (Lipinski definition) is 1. The summed E-state index contributed by atoms with van der Waals surface area (Å²) < 4.78 is 45.1. The van der Waals surface area contributed by atoms with E-state index in [1.54, 1.807) is 32.2 Å². The van der Waals surface area contributed by atoms with Crippen molar-refractivity contribution in [1.29, 1.82) is 5.26 Å². The Morgan fingerprint density at radius 2 is 1.95 bits per heavy atom. The Morgan fingerprint density at radius 1 is 1.26 bits per heavy atom. The molecule has 1 unspecified atom stereocenters. The van der Waals surface area contributed by atoms with Gasteiger partial charge in [-0.1, -0.05) is 23.8 Å². The van der Waals surface area contributed by atoms with Crippen LogP contribution in [0.5, 0.6) is 0 Å². The third kappa shape index (κ3) is 5.68. The zero-order valence-electron chi connectivity index (χ0n) is 21.1. The van der Waals surface area contributed by atoms with Gasteiger partial charge in [-0.2, -0.15) is 18.4 Å². The maximum atomic E-state index is 13.6. The van der Waals surface area contributed by atoms with Crippen molar-refractivity contribution in [2.45, 2.75) is 38.9 Å². The number of pyridine rings is 1. The second kappa shape index (κ2) is 10.5. The predicted molar refractivity (Wildman–Crippen MR) is 134 cm³/mol. The van der Waals surface area contributed by atoms with E-state index in [0.29, 0.717) is 18.2 Å². The lowest BCUT2D eigenvalue weighted by atomic mass is 9.88. The molecule has 1 N–H and O–H groups in total. The molecule has 0 aliphatic heterocycles. The molecule has 1 heterocycles. The van der Waals surface area contributed by atoms with E-state index in [1.807, 2.05) is 6.08 Å². The first kappa shape index (κ1) is 28.7. The van der Waals surface area contributed by atoms with E-state index in [0.717, 1.165) is 6.20 Å². The van der Waals surface area contributed by atoms with Gasteiger partial charge in [0.05, 0.1) is 17.0 Å². The lowest BCUT2D eigenvalue weighted by molar-refractivity contribution is -0.149. The molecule has 3 rings (SSSR count). The van der Waals surface area contributed by atoms with Gasteiger partial charge in [0.1, 0.15) is 23.6 Å². The molecule has 0 bridgehead atoms. The molecule has 38 heavy (non-hydrogen) atoms. The van der Waals surface area contributed by atoms with E-state index in [4.69, 9.17) is 16.3 Å². The molecule has 7 nitrogen and oxygen atoms in total. The standard InChI is InChI=1S/C27H25ClF3N3O4/c1-25(2,24(36)37)15-38-22-7-5-6-10-26(22,3)34(4)23(35)16-8-9-20(28)18(11-16)19-14-33-21(27(29,30)31)12-17(19)13-32/h5-9,11-12,14H,10,15H2,1-4H3,(H,36,37). The average Bonchev–Trinajstić information content (AvgIpc) is 2.86. The number of carboxylic acid groups (broad SMARTS) is 1. The molecule has 0 spiro atoms. The number of nitriles is 1. The normalized spacial score (nSPS) is 17.4. The minimum Gasteiger partial charge on any atom is -0.494 e. The number of carbonyl (C=O) groups excluding carboxylic acids is 1. The highest BCUT2D eigenvalue weighted by atomic mass is 35.5. The minimum atomic E-state index is -4.73. The summed E-state index contributed by atoms with van der Waals surface area (Å²) in [7, 11) is 1.57. The van der Waals surface area contributed by atoms with Crippen LogP contribution in [0.15, 0.2) is 54.4 Å². The van der Waals surface area contributed by atoms with Crippen molar-refractivity contribution < 1.29 is 32.6 Å². The number of carboxylic acids is 1. The van der Waals surface area contributed by atoms with Crippen LogP contribution in [-0.4, -0.2) is 46.1 Å². The Bertz CT molecular complexity index is 1380. The average molecular weight is 548 g/mol. The van der Waals surface area contributed by atoms with Gasteiger partial charge in [0.25, 0.3) is 5.91 Å². The van der Waals surface area contributed by atoms with E-state index in [9.17, 15) is 33.1 Å². The highest BCUT2D eigenvalue weighted by molar-refractivity contribution is 6.33. The predicted octanol–water partition coefficient (Wildman–Crippen LogP) is 6.09. The summed E-state index contributed by atoms with van der Waals surface area (Å²) in [4.78, 5) is 30.0. The zero-order chi connectivity index (χ0) is 28.5. The number of aromatic nitrogens is 1. The van der Waals surface area contributed by atoms with E-state index < -0.39 is 34.7 Å². The molecule has 1 atom stereocenters. The molecule has 2 aromatic rings. The van der Waals surface area contributed by atoms with Gasteiger partial charge >= 0.3 is 12.1 Å². The summed E-state index contributed by atoms with van der Waals surface area (Å²) in [5.74, 6) is -1.08. The number of alkyl halides is 3. The van der Waals surface area contributed by atoms with Gasteiger partial charge in [0.2, 0.25) is 0 Å². The molecule has 1 aromatic heterocycles. The number of likely N-dealkylation sites (N-methyl/N-ethyl adjacent to an activating group) is 1. The first-order valence-corrected chi connectivity index (χ1v) is 11.8. The molecule has 0 saturated heterocycles. The SMILES string of the molecule is CN(C(=O)c1ccc(Cl)c(-c2cnc(C(F)(F)F)cc2C#N)c1)C1(C)CC=CC=C1OCC(C)(C)C(=O)O. The Labute approximate surface area is 222 Å². The number of hydrogen-bond acceptors (Lipinski definition) is 5. The van der Waals surface area contributed by atoms with Crippen molar-refractivity contribution in [3.63, 3.8) is 0 Å². The Morgan fingerprint density at radius 3 is 2.55 bits per heavy atom. The van der Waals surface area contributed by atoms with Crippen molar-refractivity contribution in [2.75, 3.05) is 13.7 Å². The molecule has 0 radical (unpaired) electrons. The largest absolute Gasteiger partial charge is 0.494 e. The van der Waals surface area contributed by atoms with Crippen LogP contribution in [-0.2, 0) is 15.7 Å². The molecule has 1 aliphatic carbocycles. The van der Waals surface area contributed by atoms with E-state index in [1.165, 1.54) is 36.9 Å². The number of aliphatic carboxylic acids is 1.